The standard InChI is InChI=1S/C16H22F2O4/c1-5-21-12(19)10-11-8-6-7-9-16(11,13(17)18)14(20)22-15(2,3)4/h6-9,11,13H,5,10H2,1-4H3. The fourth-order valence-electron chi connectivity index (χ4n) is 2.24. The maximum Gasteiger partial charge on any atom is 0.322 e. The number of alkyl halides is 2. The maximum absolute atomic E-state index is 13.7. The van der Waals surface area contributed by atoms with E-state index in [0.717, 1.165) is 6.08 Å². The van der Waals surface area contributed by atoms with E-state index in [1.807, 2.05) is 0 Å². The molecule has 0 N–H and O–H groups in total. The normalized spacial score (nSPS) is 24.4. The van der Waals surface area contributed by atoms with Crippen molar-refractivity contribution in [1.29, 1.82) is 0 Å². The summed E-state index contributed by atoms with van der Waals surface area (Å²) in [7, 11) is 0. The molecule has 6 heteroatoms. The summed E-state index contributed by atoms with van der Waals surface area (Å²) in [6.07, 6.45) is 2.15. The molecule has 0 aromatic carbocycles. The van der Waals surface area contributed by atoms with Gasteiger partial charge in [0.25, 0.3) is 6.43 Å². The fraction of sp³-hybridized carbons (Fsp3) is 0.625. The Morgan fingerprint density at radius 3 is 2.41 bits per heavy atom. The first-order valence-corrected chi connectivity index (χ1v) is 7.16. The molecular weight excluding hydrogens is 294 g/mol. The Bertz CT molecular complexity index is 477. The smallest absolute Gasteiger partial charge is 0.322 e. The van der Waals surface area contributed by atoms with Crippen LogP contribution in [0.5, 0.6) is 0 Å². The van der Waals surface area contributed by atoms with Crippen LogP contribution in [-0.2, 0) is 19.1 Å². The van der Waals surface area contributed by atoms with Crippen LogP contribution in [0.2, 0.25) is 0 Å². The SMILES string of the molecule is CCOC(=O)CC1C=CC=CC1(C(=O)OC(C)(C)C)C(F)F. The number of ether oxygens (including phenoxy) is 2. The van der Waals surface area contributed by atoms with Crippen LogP contribution in [0.1, 0.15) is 34.1 Å². The van der Waals surface area contributed by atoms with Gasteiger partial charge in [-0.1, -0.05) is 24.3 Å². The van der Waals surface area contributed by atoms with Crippen LogP contribution in [0.4, 0.5) is 8.78 Å². The summed E-state index contributed by atoms with van der Waals surface area (Å²) in [6.45, 7) is 6.59. The van der Waals surface area contributed by atoms with Gasteiger partial charge in [0.2, 0.25) is 0 Å². The number of hydrogen-bond acceptors (Lipinski definition) is 4. The minimum Gasteiger partial charge on any atom is -0.466 e. The van der Waals surface area contributed by atoms with Crippen molar-refractivity contribution in [3.05, 3.63) is 24.3 Å². The zero-order chi connectivity index (χ0) is 17.0. The van der Waals surface area contributed by atoms with E-state index in [2.05, 4.69) is 0 Å². The van der Waals surface area contributed by atoms with Gasteiger partial charge in [0, 0.05) is 5.92 Å². The molecule has 0 heterocycles. The highest BCUT2D eigenvalue weighted by Crippen LogP contribution is 2.43. The van der Waals surface area contributed by atoms with Crippen LogP contribution in [0, 0.1) is 11.3 Å². The third-order valence-corrected chi connectivity index (χ3v) is 3.25. The van der Waals surface area contributed by atoms with Gasteiger partial charge < -0.3 is 9.47 Å². The van der Waals surface area contributed by atoms with Crippen LogP contribution in [0.3, 0.4) is 0 Å². The van der Waals surface area contributed by atoms with Crippen LogP contribution in [-0.4, -0.2) is 30.6 Å². The zero-order valence-corrected chi connectivity index (χ0v) is 13.3. The van der Waals surface area contributed by atoms with E-state index in [1.165, 1.54) is 18.2 Å². The van der Waals surface area contributed by atoms with E-state index in [9.17, 15) is 18.4 Å². The molecule has 0 spiro atoms. The molecule has 0 amide bonds. The lowest BCUT2D eigenvalue weighted by atomic mass is 9.71. The molecule has 2 atom stereocenters. The summed E-state index contributed by atoms with van der Waals surface area (Å²) >= 11 is 0. The molecule has 0 aromatic rings. The largest absolute Gasteiger partial charge is 0.466 e. The third-order valence-electron chi connectivity index (χ3n) is 3.25. The topological polar surface area (TPSA) is 52.6 Å². The minimum absolute atomic E-state index is 0.152. The molecule has 124 valence electrons. The summed E-state index contributed by atoms with van der Waals surface area (Å²) in [5.74, 6) is -2.67. The number of halogens is 2. The first kappa shape index (κ1) is 18.3. The molecule has 1 aliphatic rings. The molecule has 0 bridgehead atoms. The first-order chi connectivity index (χ1) is 10.1. The van der Waals surface area contributed by atoms with Crippen LogP contribution >= 0.6 is 0 Å². The van der Waals surface area contributed by atoms with Gasteiger partial charge >= 0.3 is 11.9 Å². The lowest BCUT2D eigenvalue weighted by molar-refractivity contribution is -0.177. The van der Waals surface area contributed by atoms with E-state index in [1.54, 1.807) is 27.7 Å². The van der Waals surface area contributed by atoms with Gasteiger partial charge in [-0.15, -0.1) is 0 Å². The predicted octanol–water partition coefficient (Wildman–Crippen LogP) is 3.28. The molecule has 1 aliphatic carbocycles. The van der Waals surface area contributed by atoms with E-state index >= 15 is 0 Å². The van der Waals surface area contributed by atoms with Gasteiger partial charge in [-0.25, -0.2) is 8.78 Å². The Morgan fingerprint density at radius 2 is 1.91 bits per heavy atom. The summed E-state index contributed by atoms with van der Waals surface area (Å²) in [5.41, 5.74) is -3.07. The molecule has 2 unspecified atom stereocenters. The molecule has 0 aliphatic heterocycles. The number of hydrogen-bond donors (Lipinski definition) is 0. The monoisotopic (exact) mass is 316 g/mol. The lowest BCUT2D eigenvalue weighted by Gasteiger charge is -2.37. The van der Waals surface area contributed by atoms with Gasteiger partial charge in [-0.3, -0.25) is 9.59 Å². The van der Waals surface area contributed by atoms with Crippen molar-refractivity contribution in [2.45, 2.75) is 46.1 Å². The summed E-state index contributed by atoms with van der Waals surface area (Å²) in [6, 6.07) is 0. The molecule has 0 aromatic heterocycles. The van der Waals surface area contributed by atoms with Crippen molar-refractivity contribution in [3.8, 4) is 0 Å². The number of carbonyl (C=O) groups excluding carboxylic acids is 2. The van der Waals surface area contributed by atoms with Crippen molar-refractivity contribution in [3.63, 3.8) is 0 Å². The molecule has 0 radical (unpaired) electrons. The zero-order valence-electron chi connectivity index (χ0n) is 13.3. The number of allylic oxidation sites excluding steroid dienone is 3. The molecule has 4 nitrogen and oxygen atoms in total. The highest BCUT2D eigenvalue weighted by Gasteiger charge is 2.54. The van der Waals surface area contributed by atoms with Crippen molar-refractivity contribution in [2.24, 2.45) is 11.3 Å². The van der Waals surface area contributed by atoms with E-state index in [4.69, 9.17) is 9.47 Å². The molecule has 0 saturated heterocycles. The lowest BCUT2D eigenvalue weighted by Crippen LogP contribution is -2.47. The molecular formula is C16H22F2O4. The Balaban J connectivity index is 3.11. The van der Waals surface area contributed by atoms with E-state index < -0.39 is 35.3 Å². The van der Waals surface area contributed by atoms with Gasteiger partial charge in [0.15, 0.2) is 5.41 Å². The Hall–Kier alpha value is -1.72. The Kier molecular flexibility index (Phi) is 5.85. The molecule has 1 rings (SSSR count). The van der Waals surface area contributed by atoms with Gasteiger partial charge in [-0.05, 0) is 27.7 Å². The van der Waals surface area contributed by atoms with Gasteiger partial charge in [-0.2, -0.15) is 0 Å². The predicted molar refractivity (Wildman–Crippen MR) is 77.3 cm³/mol. The quantitative estimate of drug-likeness (QED) is 0.731. The molecule has 0 fully saturated rings. The van der Waals surface area contributed by atoms with Crippen LogP contribution in [0.15, 0.2) is 24.3 Å². The van der Waals surface area contributed by atoms with Gasteiger partial charge in [0.1, 0.15) is 5.60 Å². The first-order valence-electron chi connectivity index (χ1n) is 7.16. The summed E-state index contributed by atoms with van der Waals surface area (Å²) in [4.78, 5) is 24.0. The number of carbonyl (C=O) groups is 2. The minimum atomic E-state index is -3.00. The van der Waals surface area contributed by atoms with E-state index in [-0.39, 0.29) is 13.0 Å². The van der Waals surface area contributed by atoms with E-state index in [0.29, 0.717) is 0 Å². The second-order valence-electron chi connectivity index (χ2n) is 6.10. The number of esters is 2. The second-order valence-corrected chi connectivity index (χ2v) is 6.10. The third kappa shape index (κ3) is 4.15. The summed E-state index contributed by atoms with van der Waals surface area (Å²) < 4.78 is 37.5. The summed E-state index contributed by atoms with van der Waals surface area (Å²) in [5, 5.41) is 0. The van der Waals surface area contributed by atoms with Crippen molar-refractivity contribution in [1.82, 2.24) is 0 Å². The van der Waals surface area contributed by atoms with Crippen LogP contribution < -0.4 is 0 Å². The maximum atomic E-state index is 13.7. The highest BCUT2D eigenvalue weighted by atomic mass is 19.3. The Labute approximate surface area is 129 Å². The number of rotatable bonds is 5. The molecule has 0 saturated carbocycles. The van der Waals surface area contributed by atoms with Crippen molar-refractivity contribution < 1.29 is 27.8 Å². The fourth-order valence-corrected chi connectivity index (χ4v) is 2.24. The average Bonchev–Trinajstić information content (AvgIpc) is 2.37. The van der Waals surface area contributed by atoms with Gasteiger partial charge in [0.05, 0.1) is 13.0 Å². The second kappa shape index (κ2) is 7.03. The molecule has 22 heavy (non-hydrogen) atoms. The Morgan fingerprint density at radius 1 is 1.27 bits per heavy atom. The van der Waals surface area contributed by atoms with Crippen LogP contribution in [0.25, 0.3) is 0 Å². The van der Waals surface area contributed by atoms with Crippen molar-refractivity contribution in [2.75, 3.05) is 6.61 Å². The average molecular weight is 316 g/mol. The van der Waals surface area contributed by atoms with Crippen molar-refractivity contribution >= 4 is 11.9 Å². The highest BCUT2D eigenvalue weighted by molar-refractivity contribution is 5.83.